The molecule has 0 atom stereocenters. The third-order valence-electron chi connectivity index (χ3n) is 3.98. The van der Waals surface area contributed by atoms with Gasteiger partial charge in [-0.3, -0.25) is 4.98 Å². The van der Waals surface area contributed by atoms with Crippen molar-refractivity contribution in [1.29, 1.82) is 0 Å². The van der Waals surface area contributed by atoms with Crippen molar-refractivity contribution in [3.63, 3.8) is 0 Å². The monoisotopic (exact) mass is 392 g/mol. The molecule has 0 amide bonds. The third kappa shape index (κ3) is 4.90. The molecule has 0 saturated carbocycles. The van der Waals surface area contributed by atoms with Crippen LogP contribution in [0.5, 0.6) is 11.6 Å². The number of fused-ring (bicyclic) bond motifs is 1. The number of furan rings is 1. The van der Waals surface area contributed by atoms with Crippen molar-refractivity contribution in [2.45, 2.75) is 41.5 Å². The standard InChI is InChI=1S/C19H16N4O2.2C2H6/c1-11-9-13(25-19-15-6-8-24-16(15)5-7-21-19)3-4-14(11)18-12(2)22-10-17(20)23-18;2*1-2/h3-10H,1-2H3,(H2,20,23);2*1-2H3. The molecule has 3 aromatic heterocycles. The number of nitrogens with two attached hydrogens (primary N) is 1. The Kier molecular flexibility index (Phi) is 7.71. The van der Waals surface area contributed by atoms with Crippen LogP contribution in [0.4, 0.5) is 5.82 Å². The lowest BCUT2D eigenvalue weighted by atomic mass is 10.0. The SMILES string of the molecule is CC.CC.Cc1cc(Oc2nccc3occc23)ccc1-c1nc(N)cnc1C. The Morgan fingerprint density at radius 1 is 0.966 bits per heavy atom. The zero-order valence-electron chi connectivity index (χ0n) is 17.9. The first-order valence-corrected chi connectivity index (χ1v) is 9.82. The number of aromatic nitrogens is 3. The van der Waals surface area contributed by atoms with Crippen LogP contribution in [-0.2, 0) is 0 Å². The average molecular weight is 393 g/mol. The van der Waals surface area contributed by atoms with Crippen molar-refractivity contribution in [2.75, 3.05) is 5.73 Å². The number of aryl methyl sites for hydroxylation is 2. The predicted octanol–water partition coefficient (Wildman–Crippen LogP) is 6.33. The molecule has 0 saturated heterocycles. The van der Waals surface area contributed by atoms with E-state index in [1.54, 1.807) is 24.7 Å². The Balaban J connectivity index is 0.000000707. The fraction of sp³-hybridized carbons (Fsp3) is 0.261. The number of hydrogen-bond donors (Lipinski definition) is 1. The van der Waals surface area contributed by atoms with Crippen molar-refractivity contribution >= 4 is 16.8 Å². The highest BCUT2D eigenvalue weighted by molar-refractivity contribution is 5.82. The molecule has 0 spiro atoms. The molecule has 3 heterocycles. The van der Waals surface area contributed by atoms with Gasteiger partial charge in [0.2, 0.25) is 5.88 Å². The van der Waals surface area contributed by atoms with Crippen molar-refractivity contribution in [1.82, 2.24) is 15.0 Å². The second kappa shape index (κ2) is 10.2. The van der Waals surface area contributed by atoms with Crippen molar-refractivity contribution in [2.24, 2.45) is 0 Å². The van der Waals surface area contributed by atoms with Gasteiger partial charge in [-0.05, 0) is 49.7 Å². The summed E-state index contributed by atoms with van der Waals surface area (Å²) in [4.78, 5) is 13.0. The van der Waals surface area contributed by atoms with E-state index in [0.717, 1.165) is 33.5 Å². The van der Waals surface area contributed by atoms with Crippen LogP contribution < -0.4 is 10.5 Å². The maximum absolute atomic E-state index is 5.94. The van der Waals surface area contributed by atoms with E-state index in [9.17, 15) is 0 Å². The molecule has 0 bridgehead atoms. The lowest BCUT2D eigenvalue weighted by Crippen LogP contribution is -1.99. The third-order valence-corrected chi connectivity index (χ3v) is 3.98. The molecule has 0 fully saturated rings. The maximum atomic E-state index is 5.94. The van der Waals surface area contributed by atoms with Gasteiger partial charge in [0, 0.05) is 11.8 Å². The predicted molar refractivity (Wildman–Crippen MR) is 118 cm³/mol. The first-order valence-electron chi connectivity index (χ1n) is 9.82. The van der Waals surface area contributed by atoms with Crippen LogP contribution in [0.15, 0.2) is 53.4 Å². The molecule has 0 aliphatic rings. The summed E-state index contributed by atoms with van der Waals surface area (Å²) in [5.74, 6) is 1.60. The van der Waals surface area contributed by atoms with Crippen LogP contribution in [0.2, 0.25) is 0 Å². The van der Waals surface area contributed by atoms with Crippen LogP contribution in [0.3, 0.4) is 0 Å². The molecule has 2 N–H and O–H groups in total. The molecule has 4 rings (SSSR count). The molecule has 1 aromatic carbocycles. The molecular formula is C23H28N4O2. The van der Waals surface area contributed by atoms with Gasteiger partial charge in [-0.2, -0.15) is 0 Å². The van der Waals surface area contributed by atoms with Gasteiger partial charge in [-0.1, -0.05) is 27.7 Å². The van der Waals surface area contributed by atoms with E-state index in [4.69, 9.17) is 14.9 Å². The van der Waals surface area contributed by atoms with E-state index in [1.165, 1.54) is 0 Å². The van der Waals surface area contributed by atoms with E-state index in [2.05, 4.69) is 15.0 Å². The summed E-state index contributed by atoms with van der Waals surface area (Å²) in [6.07, 6.45) is 4.84. The Hall–Kier alpha value is -3.41. The summed E-state index contributed by atoms with van der Waals surface area (Å²) >= 11 is 0. The molecule has 4 aromatic rings. The topological polar surface area (TPSA) is 87.1 Å². The number of nitrogens with zero attached hydrogens (tertiary/aromatic N) is 3. The van der Waals surface area contributed by atoms with Crippen LogP contribution in [0, 0.1) is 13.8 Å². The number of anilines is 1. The second-order valence-electron chi connectivity index (χ2n) is 5.76. The Morgan fingerprint density at radius 3 is 2.45 bits per heavy atom. The van der Waals surface area contributed by atoms with E-state index in [0.29, 0.717) is 17.4 Å². The number of ether oxygens (including phenoxy) is 1. The van der Waals surface area contributed by atoms with Crippen molar-refractivity contribution < 1.29 is 9.15 Å². The fourth-order valence-corrected chi connectivity index (χ4v) is 2.75. The summed E-state index contributed by atoms with van der Waals surface area (Å²) in [6, 6.07) is 9.42. The first kappa shape index (κ1) is 21.9. The van der Waals surface area contributed by atoms with Gasteiger partial charge in [0.25, 0.3) is 0 Å². The molecule has 6 heteroatoms. The highest BCUT2D eigenvalue weighted by atomic mass is 16.5. The largest absolute Gasteiger partial charge is 0.464 e. The molecule has 0 unspecified atom stereocenters. The lowest BCUT2D eigenvalue weighted by molar-refractivity contribution is 0.468. The van der Waals surface area contributed by atoms with Gasteiger partial charge in [0.1, 0.15) is 17.2 Å². The molecule has 0 radical (unpaired) electrons. The number of rotatable bonds is 3. The van der Waals surface area contributed by atoms with E-state index in [-0.39, 0.29) is 0 Å². The Labute approximate surface area is 171 Å². The Bertz CT molecular complexity index is 1070. The average Bonchev–Trinajstić information content (AvgIpc) is 3.23. The number of hydrogen-bond acceptors (Lipinski definition) is 6. The summed E-state index contributed by atoms with van der Waals surface area (Å²) in [6.45, 7) is 11.9. The molecular weight excluding hydrogens is 364 g/mol. The van der Waals surface area contributed by atoms with E-state index >= 15 is 0 Å². The van der Waals surface area contributed by atoms with Crippen LogP contribution in [-0.4, -0.2) is 15.0 Å². The molecule has 0 aliphatic heterocycles. The van der Waals surface area contributed by atoms with E-state index in [1.807, 2.05) is 65.8 Å². The molecule has 6 nitrogen and oxygen atoms in total. The van der Waals surface area contributed by atoms with Crippen molar-refractivity contribution in [3.8, 4) is 22.9 Å². The maximum Gasteiger partial charge on any atom is 0.230 e. The normalized spacial score (nSPS) is 9.86. The Morgan fingerprint density at radius 2 is 1.72 bits per heavy atom. The van der Waals surface area contributed by atoms with Crippen LogP contribution in [0.1, 0.15) is 39.0 Å². The summed E-state index contributed by atoms with van der Waals surface area (Å²) in [7, 11) is 0. The minimum atomic E-state index is 0.399. The summed E-state index contributed by atoms with van der Waals surface area (Å²) in [5, 5.41) is 0.835. The minimum absolute atomic E-state index is 0.399. The summed E-state index contributed by atoms with van der Waals surface area (Å²) in [5.41, 5.74) is 10.1. The summed E-state index contributed by atoms with van der Waals surface area (Å²) < 4.78 is 11.3. The highest BCUT2D eigenvalue weighted by Gasteiger charge is 2.12. The van der Waals surface area contributed by atoms with Gasteiger partial charge in [-0.15, -0.1) is 0 Å². The van der Waals surface area contributed by atoms with Gasteiger partial charge >= 0.3 is 0 Å². The fourth-order valence-electron chi connectivity index (χ4n) is 2.75. The molecule has 29 heavy (non-hydrogen) atoms. The quantitative estimate of drug-likeness (QED) is 0.438. The van der Waals surface area contributed by atoms with Crippen LogP contribution in [0.25, 0.3) is 22.2 Å². The van der Waals surface area contributed by atoms with Crippen LogP contribution >= 0.6 is 0 Å². The van der Waals surface area contributed by atoms with Gasteiger partial charge in [0.15, 0.2) is 0 Å². The van der Waals surface area contributed by atoms with Gasteiger partial charge in [-0.25, -0.2) is 9.97 Å². The van der Waals surface area contributed by atoms with Crippen molar-refractivity contribution in [3.05, 3.63) is 60.2 Å². The highest BCUT2D eigenvalue weighted by Crippen LogP contribution is 2.32. The number of pyridine rings is 1. The lowest BCUT2D eigenvalue weighted by Gasteiger charge is -2.11. The number of nitrogen functional groups attached to an aromatic ring is 1. The molecule has 0 aliphatic carbocycles. The second-order valence-corrected chi connectivity index (χ2v) is 5.76. The number of benzene rings is 1. The zero-order chi connectivity index (χ0) is 21.4. The molecule has 152 valence electrons. The first-order chi connectivity index (χ1) is 14.1. The van der Waals surface area contributed by atoms with E-state index < -0.39 is 0 Å². The van der Waals surface area contributed by atoms with Gasteiger partial charge < -0.3 is 14.9 Å². The zero-order valence-corrected chi connectivity index (χ0v) is 17.9. The minimum Gasteiger partial charge on any atom is -0.464 e. The smallest absolute Gasteiger partial charge is 0.230 e. The van der Waals surface area contributed by atoms with Gasteiger partial charge in [0.05, 0.1) is 29.2 Å².